The Morgan fingerprint density at radius 1 is 0.962 bits per heavy atom. The molecule has 0 amide bonds. The van der Waals surface area contributed by atoms with Gasteiger partial charge in [-0.15, -0.1) is 0 Å². The van der Waals surface area contributed by atoms with Gasteiger partial charge >= 0.3 is 0 Å². The van der Waals surface area contributed by atoms with E-state index in [0.29, 0.717) is 0 Å². The van der Waals surface area contributed by atoms with E-state index in [2.05, 4.69) is 92.4 Å². The van der Waals surface area contributed by atoms with Crippen LogP contribution >= 0.6 is 0 Å². The molecular weight excluding hydrogens is 312 g/mol. The monoisotopic (exact) mass is 334 g/mol. The summed E-state index contributed by atoms with van der Waals surface area (Å²) < 4.78 is 0. The molecule has 1 spiro atoms. The Balaban J connectivity index is 1.98. The second kappa shape index (κ2) is 5.57. The van der Waals surface area contributed by atoms with Crippen molar-refractivity contribution in [1.29, 1.82) is 0 Å². The highest BCUT2D eigenvalue weighted by Gasteiger charge is 2.52. The molecule has 26 heavy (non-hydrogen) atoms. The molecule has 2 aromatic carbocycles. The number of rotatable bonds is 2. The summed E-state index contributed by atoms with van der Waals surface area (Å²) in [5.41, 5.74) is 10.9. The lowest BCUT2D eigenvalue weighted by atomic mass is 9.68. The largest absolute Gasteiger partial charge is 0.0987 e. The minimum Gasteiger partial charge on any atom is -0.0987 e. The van der Waals surface area contributed by atoms with Crippen molar-refractivity contribution in [2.75, 3.05) is 0 Å². The van der Waals surface area contributed by atoms with E-state index < -0.39 is 0 Å². The van der Waals surface area contributed by atoms with E-state index in [9.17, 15) is 0 Å². The summed E-state index contributed by atoms with van der Waals surface area (Å²) >= 11 is 0. The first-order chi connectivity index (χ1) is 12.8. The zero-order valence-corrected chi connectivity index (χ0v) is 15.1. The molecule has 0 N–H and O–H groups in total. The quantitative estimate of drug-likeness (QED) is 0.579. The Bertz CT molecular complexity index is 1050. The molecule has 0 nitrogen and oxygen atoms in total. The van der Waals surface area contributed by atoms with E-state index in [1.54, 1.807) is 0 Å². The van der Waals surface area contributed by atoms with Crippen molar-refractivity contribution in [3.8, 4) is 0 Å². The maximum Gasteiger partial charge on any atom is 0.0721 e. The van der Waals surface area contributed by atoms with Gasteiger partial charge in [-0.25, -0.2) is 0 Å². The van der Waals surface area contributed by atoms with Crippen LogP contribution in [0.1, 0.15) is 42.0 Å². The van der Waals surface area contributed by atoms with E-state index in [1.807, 2.05) is 0 Å². The third-order valence-corrected chi connectivity index (χ3v) is 6.08. The van der Waals surface area contributed by atoms with Crippen molar-refractivity contribution < 1.29 is 0 Å². The molecule has 5 rings (SSSR count). The molecule has 0 radical (unpaired) electrons. The molecule has 0 saturated carbocycles. The molecule has 1 unspecified atom stereocenters. The Hall–Kier alpha value is -2.86. The number of hydrogen-bond donors (Lipinski definition) is 0. The van der Waals surface area contributed by atoms with Crippen LogP contribution in [-0.4, -0.2) is 0 Å². The van der Waals surface area contributed by atoms with Crippen molar-refractivity contribution in [1.82, 2.24) is 0 Å². The number of fused-ring (bicyclic) bond motifs is 6. The molecule has 1 atom stereocenters. The summed E-state index contributed by atoms with van der Waals surface area (Å²) in [6.07, 6.45) is 13.4. The molecule has 0 aliphatic heterocycles. The van der Waals surface area contributed by atoms with Gasteiger partial charge in [-0.05, 0) is 64.3 Å². The van der Waals surface area contributed by atoms with Gasteiger partial charge in [0.15, 0.2) is 0 Å². The normalized spacial score (nSPS) is 23.0. The summed E-state index contributed by atoms with van der Waals surface area (Å²) in [5.74, 6) is 0. The van der Waals surface area contributed by atoms with E-state index >= 15 is 0 Å². The molecule has 0 aromatic heterocycles. The molecule has 3 aliphatic rings. The molecule has 2 aromatic rings. The zero-order valence-electron chi connectivity index (χ0n) is 15.1. The summed E-state index contributed by atoms with van der Waals surface area (Å²) in [6, 6.07) is 17.9. The Kier molecular flexibility index (Phi) is 3.30. The smallest absolute Gasteiger partial charge is 0.0721 e. The van der Waals surface area contributed by atoms with Gasteiger partial charge in [-0.2, -0.15) is 0 Å². The van der Waals surface area contributed by atoms with Gasteiger partial charge in [0.05, 0.1) is 5.41 Å². The average Bonchev–Trinajstić information content (AvgIpc) is 3.15. The number of benzene rings is 2. The summed E-state index contributed by atoms with van der Waals surface area (Å²) in [5, 5.41) is 0. The van der Waals surface area contributed by atoms with Gasteiger partial charge < -0.3 is 0 Å². The van der Waals surface area contributed by atoms with Crippen LogP contribution in [0.3, 0.4) is 0 Å². The lowest BCUT2D eigenvalue weighted by molar-refractivity contribution is 0.774. The molecule has 3 aliphatic carbocycles. The van der Waals surface area contributed by atoms with Crippen molar-refractivity contribution in [2.24, 2.45) is 0 Å². The molecule has 0 fully saturated rings. The Labute approximate surface area is 155 Å². The fourth-order valence-electron chi connectivity index (χ4n) is 5.24. The maximum atomic E-state index is 4.25. The van der Waals surface area contributed by atoms with E-state index in [4.69, 9.17) is 0 Å². The maximum absolute atomic E-state index is 4.25. The van der Waals surface area contributed by atoms with Crippen LogP contribution in [0, 0.1) is 0 Å². The van der Waals surface area contributed by atoms with E-state index in [1.165, 1.54) is 44.5 Å². The summed E-state index contributed by atoms with van der Waals surface area (Å²) in [4.78, 5) is 0. The van der Waals surface area contributed by atoms with Crippen LogP contribution in [0.25, 0.3) is 11.1 Å². The molecule has 0 bridgehead atoms. The third-order valence-electron chi connectivity index (χ3n) is 6.08. The van der Waals surface area contributed by atoms with E-state index in [0.717, 1.165) is 12.8 Å². The Morgan fingerprint density at radius 3 is 2.38 bits per heavy atom. The van der Waals surface area contributed by atoms with Crippen LogP contribution < -0.4 is 0 Å². The first-order valence-corrected chi connectivity index (χ1v) is 9.43. The fraction of sp³-hybridized carbons (Fsp3) is 0.154. The van der Waals surface area contributed by atoms with Crippen LogP contribution in [0.15, 0.2) is 96.6 Å². The van der Waals surface area contributed by atoms with Crippen LogP contribution in [0.4, 0.5) is 0 Å². The van der Waals surface area contributed by atoms with Gasteiger partial charge in [0, 0.05) is 0 Å². The second-order valence-electron chi connectivity index (χ2n) is 7.21. The minimum absolute atomic E-state index is 0.212. The van der Waals surface area contributed by atoms with Crippen LogP contribution in [0.2, 0.25) is 0 Å². The van der Waals surface area contributed by atoms with Gasteiger partial charge in [0.2, 0.25) is 0 Å². The number of allylic oxidation sites excluding steroid dienone is 9. The van der Waals surface area contributed by atoms with Crippen molar-refractivity contribution in [3.63, 3.8) is 0 Å². The highest BCUT2D eigenvalue weighted by atomic mass is 14.5. The van der Waals surface area contributed by atoms with Gasteiger partial charge in [-0.3, -0.25) is 0 Å². The lowest BCUT2D eigenvalue weighted by Crippen LogP contribution is -2.27. The first kappa shape index (κ1) is 15.4. The van der Waals surface area contributed by atoms with Gasteiger partial charge in [0.25, 0.3) is 0 Å². The third kappa shape index (κ3) is 1.69. The molecular formula is C26H22. The first-order valence-electron chi connectivity index (χ1n) is 9.43. The van der Waals surface area contributed by atoms with Crippen molar-refractivity contribution in [3.05, 3.63) is 119 Å². The highest BCUT2D eigenvalue weighted by Crippen LogP contribution is 2.62. The molecule has 0 heterocycles. The van der Waals surface area contributed by atoms with Crippen molar-refractivity contribution >= 4 is 11.1 Å². The average molecular weight is 334 g/mol. The van der Waals surface area contributed by atoms with Crippen LogP contribution in [0.5, 0.6) is 0 Å². The molecule has 0 saturated heterocycles. The minimum atomic E-state index is -0.212. The van der Waals surface area contributed by atoms with Gasteiger partial charge in [0.1, 0.15) is 0 Å². The molecule has 126 valence electrons. The van der Waals surface area contributed by atoms with E-state index in [-0.39, 0.29) is 5.41 Å². The lowest BCUT2D eigenvalue weighted by Gasteiger charge is -2.33. The highest BCUT2D eigenvalue weighted by molar-refractivity contribution is 5.98. The fourth-order valence-corrected chi connectivity index (χ4v) is 5.24. The van der Waals surface area contributed by atoms with Crippen LogP contribution in [-0.2, 0) is 5.41 Å². The van der Waals surface area contributed by atoms with Crippen molar-refractivity contribution in [2.45, 2.75) is 25.2 Å². The zero-order chi connectivity index (χ0) is 17.7. The number of hydrogen-bond acceptors (Lipinski definition) is 0. The van der Waals surface area contributed by atoms with Gasteiger partial charge in [-0.1, -0.05) is 85.5 Å². The molecule has 0 heteroatoms. The predicted molar refractivity (Wildman–Crippen MR) is 111 cm³/mol. The topological polar surface area (TPSA) is 0 Å². The summed E-state index contributed by atoms with van der Waals surface area (Å²) in [7, 11) is 0. The Morgan fingerprint density at radius 2 is 1.65 bits per heavy atom. The second-order valence-corrected chi connectivity index (χ2v) is 7.21. The predicted octanol–water partition coefficient (Wildman–Crippen LogP) is 6.62. The summed E-state index contributed by atoms with van der Waals surface area (Å²) in [6.45, 7) is 6.34. The standard InChI is InChI=1S/C26H22/c1-3-11-18-19-12-5-8-15-23(19)26(22(18)4-2)24-16-9-6-13-20(24)21-14-7-10-17-25(21)26/h3-6,8-13,15-17H,2,7,14H2,1H3/b11-3-. The SMILES string of the molecule is C=CC1=C(/C=C\C)c2ccccc2C12C1=C(CCC=C1)c1ccccc12.